The largest absolute Gasteiger partial charge is 0.508 e. The maximum absolute atomic E-state index is 13.2. The zero-order valence-corrected chi connectivity index (χ0v) is 18.2. The maximum atomic E-state index is 13.2. The van der Waals surface area contributed by atoms with Crippen LogP contribution in [0.3, 0.4) is 0 Å². The first-order valence-electron chi connectivity index (χ1n) is 10.3. The van der Waals surface area contributed by atoms with Gasteiger partial charge in [0.15, 0.2) is 0 Å². The Kier molecular flexibility index (Phi) is 5.08. The number of nitrogens with zero attached hydrogens (tertiary/aromatic N) is 2. The molecule has 8 heteroatoms. The fourth-order valence-electron chi connectivity index (χ4n) is 4.18. The van der Waals surface area contributed by atoms with Gasteiger partial charge >= 0.3 is 0 Å². The van der Waals surface area contributed by atoms with E-state index in [-0.39, 0.29) is 29.4 Å². The van der Waals surface area contributed by atoms with Crippen molar-refractivity contribution in [3.8, 4) is 11.4 Å². The zero-order chi connectivity index (χ0) is 22.4. The van der Waals surface area contributed by atoms with Crippen LogP contribution in [0.25, 0.3) is 16.7 Å². The van der Waals surface area contributed by atoms with Crippen molar-refractivity contribution in [2.45, 2.75) is 46.6 Å². The Labute approximate surface area is 180 Å². The zero-order valence-electron chi connectivity index (χ0n) is 18.2. The summed E-state index contributed by atoms with van der Waals surface area (Å²) in [5.74, 6) is 0.0920. The van der Waals surface area contributed by atoms with E-state index in [9.17, 15) is 14.7 Å². The molecule has 0 bridgehead atoms. The number of aromatic hydroxyl groups is 1. The Morgan fingerprint density at radius 1 is 1.29 bits per heavy atom. The van der Waals surface area contributed by atoms with Gasteiger partial charge in [-0.3, -0.25) is 14.2 Å². The standard InChI is InChI=1S/C23H27N5O3/c1-11-5-7-17(29)13(3)20(11)28-21(24)19(16-9-12(2)14(4)26-22(16)28)23(31)25-10-15-6-8-18(30)27-15/h5,7,9,15,29H,6,8,10,24H2,1-4H3,(H,25,31)(H,27,30). The van der Waals surface area contributed by atoms with Crippen LogP contribution < -0.4 is 16.4 Å². The minimum Gasteiger partial charge on any atom is -0.508 e. The minimum absolute atomic E-state index is 0.000464. The number of aromatic nitrogens is 2. The number of aryl methyl sites for hydroxylation is 3. The summed E-state index contributed by atoms with van der Waals surface area (Å²) in [5, 5.41) is 16.7. The van der Waals surface area contributed by atoms with Crippen molar-refractivity contribution < 1.29 is 14.7 Å². The molecule has 0 spiro atoms. The molecule has 2 aromatic heterocycles. The Balaban J connectivity index is 1.86. The molecule has 3 aromatic rings. The van der Waals surface area contributed by atoms with Crippen LogP contribution >= 0.6 is 0 Å². The molecule has 5 N–H and O–H groups in total. The molecule has 1 aliphatic rings. The van der Waals surface area contributed by atoms with Crippen LogP contribution in [-0.4, -0.2) is 39.1 Å². The molecule has 8 nitrogen and oxygen atoms in total. The minimum atomic E-state index is -0.317. The van der Waals surface area contributed by atoms with Crippen molar-refractivity contribution in [2.75, 3.05) is 12.3 Å². The van der Waals surface area contributed by atoms with Crippen molar-refractivity contribution in [1.29, 1.82) is 0 Å². The van der Waals surface area contributed by atoms with Gasteiger partial charge in [0, 0.05) is 35.7 Å². The molecule has 2 amide bonds. The number of phenols is 1. The summed E-state index contributed by atoms with van der Waals surface area (Å²) in [6.45, 7) is 7.92. The summed E-state index contributed by atoms with van der Waals surface area (Å²) >= 11 is 0. The number of phenolic OH excluding ortho intramolecular Hbond substituents is 1. The maximum Gasteiger partial charge on any atom is 0.255 e. The number of nitrogen functional groups attached to an aromatic ring is 1. The molecule has 0 radical (unpaired) electrons. The van der Waals surface area contributed by atoms with Crippen LogP contribution in [0.4, 0.5) is 5.82 Å². The third-order valence-electron chi connectivity index (χ3n) is 6.07. The van der Waals surface area contributed by atoms with E-state index in [2.05, 4.69) is 10.6 Å². The fourth-order valence-corrected chi connectivity index (χ4v) is 4.18. The van der Waals surface area contributed by atoms with Crippen molar-refractivity contribution >= 4 is 28.7 Å². The number of hydrogen-bond acceptors (Lipinski definition) is 5. The number of anilines is 1. The molecule has 162 valence electrons. The van der Waals surface area contributed by atoms with E-state index in [0.29, 0.717) is 47.2 Å². The van der Waals surface area contributed by atoms with Gasteiger partial charge in [0.25, 0.3) is 5.91 Å². The molecular weight excluding hydrogens is 394 g/mol. The second-order valence-corrected chi connectivity index (χ2v) is 8.25. The highest BCUT2D eigenvalue weighted by Crippen LogP contribution is 2.36. The van der Waals surface area contributed by atoms with E-state index in [4.69, 9.17) is 10.7 Å². The van der Waals surface area contributed by atoms with E-state index < -0.39 is 0 Å². The molecule has 31 heavy (non-hydrogen) atoms. The molecule has 1 fully saturated rings. The molecule has 1 unspecified atom stereocenters. The average Bonchev–Trinajstić information content (AvgIpc) is 3.25. The summed E-state index contributed by atoms with van der Waals surface area (Å²) < 4.78 is 1.75. The number of amides is 2. The molecular formula is C23H27N5O3. The topological polar surface area (TPSA) is 122 Å². The van der Waals surface area contributed by atoms with Crippen LogP contribution in [0.1, 0.15) is 45.6 Å². The quantitative estimate of drug-likeness (QED) is 0.516. The van der Waals surface area contributed by atoms with Gasteiger partial charge < -0.3 is 21.5 Å². The summed E-state index contributed by atoms with van der Waals surface area (Å²) in [5.41, 5.74) is 11.5. The number of fused-ring (bicyclic) bond motifs is 1. The van der Waals surface area contributed by atoms with Crippen LogP contribution in [0.15, 0.2) is 18.2 Å². The van der Waals surface area contributed by atoms with Crippen LogP contribution in [0.2, 0.25) is 0 Å². The van der Waals surface area contributed by atoms with Crippen LogP contribution in [0, 0.1) is 27.7 Å². The molecule has 1 aromatic carbocycles. The lowest BCUT2D eigenvalue weighted by molar-refractivity contribution is -0.119. The first kappa shape index (κ1) is 20.7. The Bertz CT molecular complexity index is 1230. The number of hydrogen-bond donors (Lipinski definition) is 4. The predicted molar refractivity (Wildman–Crippen MR) is 120 cm³/mol. The van der Waals surface area contributed by atoms with E-state index in [1.807, 2.05) is 39.8 Å². The highest BCUT2D eigenvalue weighted by molar-refractivity contribution is 6.11. The van der Waals surface area contributed by atoms with E-state index in [1.54, 1.807) is 10.6 Å². The van der Waals surface area contributed by atoms with Gasteiger partial charge in [-0.25, -0.2) is 4.98 Å². The number of nitrogens with one attached hydrogen (secondary N) is 2. The molecule has 0 aliphatic carbocycles. The second-order valence-electron chi connectivity index (χ2n) is 8.25. The van der Waals surface area contributed by atoms with Gasteiger partial charge in [0.2, 0.25) is 5.91 Å². The van der Waals surface area contributed by atoms with Crippen molar-refractivity contribution in [2.24, 2.45) is 0 Å². The molecule has 1 atom stereocenters. The summed E-state index contributed by atoms with van der Waals surface area (Å²) in [7, 11) is 0. The molecule has 1 aliphatic heterocycles. The van der Waals surface area contributed by atoms with Gasteiger partial charge in [-0.15, -0.1) is 0 Å². The van der Waals surface area contributed by atoms with Crippen LogP contribution in [0.5, 0.6) is 5.75 Å². The Hall–Kier alpha value is -3.55. The van der Waals surface area contributed by atoms with E-state index in [0.717, 1.165) is 16.8 Å². The number of benzene rings is 1. The first-order chi connectivity index (χ1) is 14.7. The number of nitrogens with two attached hydrogens (primary N) is 1. The SMILES string of the molecule is Cc1cc2c(C(=O)NCC3CCC(=O)N3)c(N)n(-c3c(C)ccc(O)c3C)c2nc1C. The Morgan fingerprint density at radius 2 is 2.03 bits per heavy atom. The van der Waals surface area contributed by atoms with Crippen molar-refractivity contribution in [1.82, 2.24) is 20.2 Å². The average molecular weight is 422 g/mol. The Morgan fingerprint density at radius 3 is 2.71 bits per heavy atom. The fraction of sp³-hybridized carbons (Fsp3) is 0.348. The predicted octanol–water partition coefficient (Wildman–Crippen LogP) is 2.56. The molecule has 3 heterocycles. The third-order valence-corrected chi connectivity index (χ3v) is 6.07. The monoisotopic (exact) mass is 421 g/mol. The van der Waals surface area contributed by atoms with Crippen LogP contribution in [-0.2, 0) is 4.79 Å². The number of carbonyl (C=O) groups excluding carboxylic acids is 2. The number of rotatable bonds is 4. The summed E-state index contributed by atoms with van der Waals surface area (Å²) in [6.07, 6.45) is 1.17. The molecule has 4 rings (SSSR count). The molecule has 1 saturated heterocycles. The van der Waals surface area contributed by atoms with E-state index >= 15 is 0 Å². The van der Waals surface area contributed by atoms with Gasteiger partial charge in [-0.05, 0) is 57.4 Å². The summed E-state index contributed by atoms with van der Waals surface area (Å²) in [6, 6.07) is 5.29. The molecule has 0 saturated carbocycles. The smallest absolute Gasteiger partial charge is 0.255 e. The second kappa shape index (κ2) is 7.61. The van der Waals surface area contributed by atoms with Crippen molar-refractivity contribution in [3.63, 3.8) is 0 Å². The van der Waals surface area contributed by atoms with E-state index in [1.165, 1.54) is 0 Å². The van der Waals surface area contributed by atoms with Gasteiger partial charge in [-0.1, -0.05) is 6.07 Å². The van der Waals surface area contributed by atoms with Gasteiger partial charge in [0.1, 0.15) is 17.2 Å². The lowest BCUT2D eigenvalue weighted by Crippen LogP contribution is -2.38. The summed E-state index contributed by atoms with van der Waals surface area (Å²) in [4.78, 5) is 29.4. The van der Waals surface area contributed by atoms with Crippen molar-refractivity contribution in [3.05, 3.63) is 46.1 Å². The van der Waals surface area contributed by atoms with Gasteiger partial charge in [0.05, 0.1) is 11.3 Å². The third kappa shape index (κ3) is 3.48. The van der Waals surface area contributed by atoms with Gasteiger partial charge in [-0.2, -0.15) is 0 Å². The highest BCUT2D eigenvalue weighted by Gasteiger charge is 2.27. The number of carbonyl (C=O) groups is 2. The lowest BCUT2D eigenvalue weighted by atomic mass is 10.1. The first-order valence-corrected chi connectivity index (χ1v) is 10.3. The number of pyridine rings is 1. The lowest BCUT2D eigenvalue weighted by Gasteiger charge is -2.16. The highest BCUT2D eigenvalue weighted by atomic mass is 16.3. The normalized spacial score (nSPS) is 16.0.